The Bertz CT molecular complexity index is 725. The minimum absolute atomic E-state index is 0.760. The summed E-state index contributed by atoms with van der Waals surface area (Å²) in [4.78, 5) is 5.12. The van der Waals surface area contributed by atoms with Crippen molar-refractivity contribution in [3.63, 3.8) is 0 Å². The van der Waals surface area contributed by atoms with Crippen LogP contribution in [0.25, 0.3) is 0 Å². The van der Waals surface area contributed by atoms with Gasteiger partial charge < -0.3 is 14.5 Å². The minimum atomic E-state index is 0.760. The number of piperidine rings is 1. The molecule has 1 saturated heterocycles. The molecule has 1 fully saturated rings. The first-order valence-electron chi connectivity index (χ1n) is 10.6. The molecule has 0 amide bonds. The van der Waals surface area contributed by atoms with Crippen LogP contribution < -0.4 is 4.74 Å². The Kier molecular flexibility index (Phi) is 7.51. The number of aromatic nitrogens is 2. The normalized spacial score (nSPS) is 18.0. The summed E-state index contributed by atoms with van der Waals surface area (Å²) in [6.07, 6.45) is 5.81. The molecule has 0 bridgehead atoms. The molecular formula is C23H36N4O. The number of rotatable bonds is 9. The first-order chi connectivity index (χ1) is 13.6. The van der Waals surface area contributed by atoms with Gasteiger partial charge in [0.15, 0.2) is 0 Å². The predicted molar refractivity (Wildman–Crippen MR) is 115 cm³/mol. The average Bonchev–Trinajstić information content (AvgIpc) is 3.06. The molecule has 0 N–H and O–H groups in total. The van der Waals surface area contributed by atoms with Crippen molar-refractivity contribution in [2.24, 2.45) is 5.92 Å². The Balaban J connectivity index is 1.45. The molecule has 1 aliphatic heterocycles. The van der Waals surface area contributed by atoms with Crippen LogP contribution in [-0.2, 0) is 19.5 Å². The van der Waals surface area contributed by atoms with E-state index in [1.165, 1.54) is 42.8 Å². The second-order valence-electron chi connectivity index (χ2n) is 8.17. The van der Waals surface area contributed by atoms with E-state index in [1.54, 1.807) is 7.11 Å². The van der Waals surface area contributed by atoms with Crippen LogP contribution in [0.1, 0.15) is 36.6 Å². The van der Waals surface area contributed by atoms with Gasteiger partial charge in [0, 0.05) is 44.0 Å². The van der Waals surface area contributed by atoms with E-state index in [4.69, 9.17) is 4.74 Å². The van der Waals surface area contributed by atoms with Gasteiger partial charge in [-0.25, -0.2) is 0 Å². The van der Waals surface area contributed by atoms with Crippen molar-refractivity contribution in [1.29, 1.82) is 0 Å². The van der Waals surface area contributed by atoms with Gasteiger partial charge in [-0.05, 0) is 70.3 Å². The first kappa shape index (κ1) is 20.9. The smallest absolute Gasteiger partial charge is 0.118 e. The maximum atomic E-state index is 5.25. The van der Waals surface area contributed by atoms with Crippen LogP contribution in [0.2, 0.25) is 0 Å². The lowest BCUT2D eigenvalue weighted by Gasteiger charge is -2.34. The van der Waals surface area contributed by atoms with E-state index < -0.39 is 0 Å². The lowest BCUT2D eigenvalue weighted by molar-refractivity contribution is 0.142. The van der Waals surface area contributed by atoms with Crippen molar-refractivity contribution in [2.75, 3.05) is 40.3 Å². The Morgan fingerprint density at radius 3 is 2.71 bits per heavy atom. The molecule has 0 spiro atoms. The Morgan fingerprint density at radius 1 is 1.25 bits per heavy atom. The van der Waals surface area contributed by atoms with Gasteiger partial charge in [0.05, 0.1) is 13.3 Å². The Labute approximate surface area is 170 Å². The zero-order chi connectivity index (χ0) is 19.9. The standard InChI is InChI=1S/C23H36N4O/c1-5-27-19(2)22(15-24-27)18-25(3)16-21-7-6-13-26(17-21)14-12-20-8-10-23(28-4)11-9-20/h8-11,15,21H,5-7,12-14,16-18H2,1-4H3/t21-/m0/s1. The van der Waals surface area contributed by atoms with Crippen molar-refractivity contribution in [3.8, 4) is 5.75 Å². The van der Waals surface area contributed by atoms with Gasteiger partial charge in [-0.2, -0.15) is 5.10 Å². The topological polar surface area (TPSA) is 33.5 Å². The summed E-state index contributed by atoms with van der Waals surface area (Å²) in [6.45, 7) is 11.0. The number of aryl methyl sites for hydroxylation is 1. The lowest BCUT2D eigenvalue weighted by Crippen LogP contribution is -2.40. The Hall–Kier alpha value is -1.85. The molecule has 154 valence electrons. The molecule has 1 aromatic carbocycles. The highest BCUT2D eigenvalue weighted by molar-refractivity contribution is 5.27. The summed E-state index contributed by atoms with van der Waals surface area (Å²) in [5.74, 6) is 1.70. The third-order valence-corrected chi connectivity index (χ3v) is 5.99. The molecule has 0 saturated carbocycles. The molecule has 5 nitrogen and oxygen atoms in total. The van der Waals surface area contributed by atoms with E-state index in [9.17, 15) is 0 Å². The molecule has 1 aromatic heterocycles. The van der Waals surface area contributed by atoms with Gasteiger partial charge >= 0.3 is 0 Å². The van der Waals surface area contributed by atoms with E-state index >= 15 is 0 Å². The van der Waals surface area contributed by atoms with Crippen LogP contribution >= 0.6 is 0 Å². The summed E-state index contributed by atoms with van der Waals surface area (Å²) in [5.41, 5.74) is 4.05. The largest absolute Gasteiger partial charge is 0.497 e. The summed E-state index contributed by atoms with van der Waals surface area (Å²) in [6, 6.07) is 8.50. The molecule has 0 aliphatic carbocycles. The molecular weight excluding hydrogens is 348 g/mol. The fourth-order valence-electron chi connectivity index (χ4n) is 4.34. The third-order valence-electron chi connectivity index (χ3n) is 5.99. The van der Waals surface area contributed by atoms with Crippen LogP contribution in [0.4, 0.5) is 0 Å². The third kappa shape index (κ3) is 5.58. The number of hydrogen-bond donors (Lipinski definition) is 0. The second-order valence-corrected chi connectivity index (χ2v) is 8.17. The second kappa shape index (κ2) is 10.1. The number of nitrogens with zero attached hydrogens (tertiary/aromatic N) is 4. The molecule has 5 heteroatoms. The van der Waals surface area contributed by atoms with Crippen molar-refractivity contribution in [2.45, 2.75) is 46.2 Å². The SMILES string of the molecule is CCn1ncc(CN(C)C[C@@H]2CCCN(CCc3ccc(OC)cc3)C2)c1C. The van der Waals surface area contributed by atoms with E-state index in [0.717, 1.165) is 44.3 Å². The number of benzene rings is 1. The van der Waals surface area contributed by atoms with Crippen LogP contribution in [0.15, 0.2) is 30.5 Å². The first-order valence-corrected chi connectivity index (χ1v) is 10.6. The maximum Gasteiger partial charge on any atom is 0.118 e. The minimum Gasteiger partial charge on any atom is -0.497 e. The van der Waals surface area contributed by atoms with Gasteiger partial charge in [0.1, 0.15) is 5.75 Å². The van der Waals surface area contributed by atoms with Gasteiger partial charge in [0.25, 0.3) is 0 Å². The Morgan fingerprint density at radius 2 is 2.04 bits per heavy atom. The van der Waals surface area contributed by atoms with Crippen LogP contribution in [0.3, 0.4) is 0 Å². The summed E-state index contributed by atoms with van der Waals surface area (Å²) >= 11 is 0. The number of ether oxygens (including phenoxy) is 1. The summed E-state index contributed by atoms with van der Waals surface area (Å²) in [7, 11) is 3.97. The molecule has 0 radical (unpaired) electrons. The van der Waals surface area contributed by atoms with Crippen LogP contribution in [0, 0.1) is 12.8 Å². The van der Waals surface area contributed by atoms with Gasteiger partial charge in [0.2, 0.25) is 0 Å². The fourth-order valence-corrected chi connectivity index (χ4v) is 4.34. The zero-order valence-corrected chi connectivity index (χ0v) is 18.0. The highest BCUT2D eigenvalue weighted by Crippen LogP contribution is 2.20. The van der Waals surface area contributed by atoms with E-state index in [0.29, 0.717) is 0 Å². The van der Waals surface area contributed by atoms with Gasteiger partial charge in [-0.3, -0.25) is 4.68 Å². The van der Waals surface area contributed by atoms with Crippen molar-refractivity contribution < 1.29 is 4.74 Å². The fraction of sp³-hybridized carbons (Fsp3) is 0.609. The molecule has 1 aliphatic rings. The summed E-state index contributed by atoms with van der Waals surface area (Å²) < 4.78 is 7.34. The van der Waals surface area contributed by atoms with E-state index in [-0.39, 0.29) is 0 Å². The van der Waals surface area contributed by atoms with Crippen molar-refractivity contribution >= 4 is 0 Å². The van der Waals surface area contributed by atoms with E-state index in [2.05, 4.69) is 64.7 Å². The average molecular weight is 385 g/mol. The molecule has 1 atom stereocenters. The highest BCUT2D eigenvalue weighted by Gasteiger charge is 2.21. The molecule has 2 heterocycles. The predicted octanol–water partition coefficient (Wildman–Crippen LogP) is 3.61. The maximum absolute atomic E-state index is 5.25. The monoisotopic (exact) mass is 384 g/mol. The van der Waals surface area contributed by atoms with Gasteiger partial charge in [-0.15, -0.1) is 0 Å². The molecule has 2 aromatic rings. The van der Waals surface area contributed by atoms with Crippen LogP contribution in [-0.4, -0.2) is 59.9 Å². The van der Waals surface area contributed by atoms with Gasteiger partial charge in [-0.1, -0.05) is 12.1 Å². The number of methoxy groups -OCH3 is 1. The lowest BCUT2D eigenvalue weighted by atomic mass is 9.97. The molecule has 3 rings (SSSR count). The van der Waals surface area contributed by atoms with Crippen molar-refractivity contribution in [1.82, 2.24) is 19.6 Å². The highest BCUT2D eigenvalue weighted by atomic mass is 16.5. The molecule has 0 unspecified atom stereocenters. The van der Waals surface area contributed by atoms with E-state index in [1.807, 2.05) is 6.20 Å². The summed E-state index contributed by atoms with van der Waals surface area (Å²) in [5, 5.41) is 4.48. The van der Waals surface area contributed by atoms with Crippen molar-refractivity contribution in [3.05, 3.63) is 47.3 Å². The number of likely N-dealkylation sites (tertiary alicyclic amines) is 1. The zero-order valence-electron chi connectivity index (χ0n) is 18.0. The quantitative estimate of drug-likeness (QED) is 0.661. The number of hydrogen-bond acceptors (Lipinski definition) is 4. The van der Waals surface area contributed by atoms with Crippen LogP contribution in [0.5, 0.6) is 5.75 Å². The molecule has 28 heavy (non-hydrogen) atoms.